The van der Waals surface area contributed by atoms with Gasteiger partial charge >= 0.3 is 0 Å². The van der Waals surface area contributed by atoms with Crippen molar-refractivity contribution in [2.75, 3.05) is 23.1 Å². The molecule has 0 aliphatic carbocycles. The Labute approximate surface area is 129 Å². The Kier molecular flexibility index (Phi) is 5.27. The summed E-state index contributed by atoms with van der Waals surface area (Å²) in [5.41, 5.74) is 8.10. The van der Waals surface area contributed by atoms with Crippen LogP contribution in [0.4, 0.5) is 11.4 Å². The zero-order valence-corrected chi connectivity index (χ0v) is 13.5. The number of amides is 1. The van der Waals surface area contributed by atoms with E-state index in [0.717, 1.165) is 19.9 Å². The van der Waals surface area contributed by atoms with Gasteiger partial charge in [-0.1, -0.05) is 34.9 Å². The third kappa shape index (κ3) is 4.12. The zero-order valence-electron chi connectivity index (χ0n) is 11.0. The van der Waals surface area contributed by atoms with E-state index < -0.39 is 0 Å². The molecule has 0 saturated heterocycles. The van der Waals surface area contributed by atoms with Gasteiger partial charge in [-0.15, -0.1) is 10.2 Å². The highest BCUT2D eigenvalue weighted by molar-refractivity contribution is 8.03. The van der Waals surface area contributed by atoms with Gasteiger partial charge in [0.15, 0.2) is 8.68 Å². The number of benzene rings is 1. The lowest BCUT2D eigenvalue weighted by Crippen LogP contribution is -2.14. The Morgan fingerprint density at radius 1 is 1.40 bits per heavy atom. The minimum atomic E-state index is -0.0660. The van der Waals surface area contributed by atoms with Crippen LogP contribution in [0.3, 0.4) is 0 Å². The van der Waals surface area contributed by atoms with Gasteiger partial charge < -0.3 is 11.1 Å². The number of nitrogen functional groups attached to an aromatic ring is 1. The van der Waals surface area contributed by atoms with Crippen LogP contribution in [0.1, 0.15) is 5.56 Å². The lowest BCUT2D eigenvalue weighted by molar-refractivity contribution is -0.113. The summed E-state index contributed by atoms with van der Waals surface area (Å²) in [6.45, 7) is 1.91. The number of carbonyl (C=O) groups is 1. The molecule has 1 heterocycles. The van der Waals surface area contributed by atoms with Crippen molar-refractivity contribution in [3.05, 3.63) is 23.8 Å². The topological polar surface area (TPSA) is 80.9 Å². The molecule has 0 radical (unpaired) electrons. The largest absolute Gasteiger partial charge is 0.399 e. The molecule has 0 unspecified atom stereocenters. The van der Waals surface area contributed by atoms with E-state index >= 15 is 0 Å². The number of carbonyl (C=O) groups excluding carboxylic acids is 1. The Balaban J connectivity index is 1.89. The highest BCUT2D eigenvalue weighted by Crippen LogP contribution is 2.27. The number of nitrogens with one attached hydrogen (secondary N) is 1. The van der Waals surface area contributed by atoms with Crippen LogP contribution in [0.5, 0.6) is 0 Å². The SMILES string of the molecule is CSc1nnc(SCC(=O)Nc2ccc(N)cc2C)s1. The fraction of sp³-hybridized carbons (Fsp3) is 0.250. The smallest absolute Gasteiger partial charge is 0.234 e. The van der Waals surface area contributed by atoms with Crippen molar-refractivity contribution in [2.24, 2.45) is 0 Å². The molecule has 1 amide bonds. The predicted octanol–water partition coefficient (Wildman–Crippen LogP) is 2.88. The summed E-state index contributed by atoms with van der Waals surface area (Å²) in [5.74, 6) is 0.246. The third-order valence-corrected chi connectivity index (χ3v) is 5.45. The van der Waals surface area contributed by atoms with E-state index in [4.69, 9.17) is 5.73 Å². The first-order valence-corrected chi connectivity index (χ1v) is 8.77. The number of rotatable bonds is 5. The van der Waals surface area contributed by atoms with Gasteiger partial charge in [0.1, 0.15) is 0 Å². The van der Waals surface area contributed by atoms with Crippen LogP contribution in [0.25, 0.3) is 0 Å². The lowest BCUT2D eigenvalue weighted by Gasteiger charge is -2.08. The van der Waals surface area contributed by atoms with Crippen LogP contribution in [0.2, 0.25) is 0 Å². The van der Waals surface area contributed by atoms with Crippen molar-refractivity contribution in [3.63, 3.8) is 0 Å². The number of aromatic nitrogens is 2. The molecule has 2 aromatic rings. The van der Waals surface area contributed by atoms with Crippen LogP contribution in [0, 0.1) is 6.92 Å². The summed E-state index contributed by atoms with van der Waals surface area (Å²) in [4.78, 5) is 11.9. The van der Waals surface area contributed by atoms with Gasteiger partial charge in [0.2, 0.25) is 5.91 Å². The predicted molar refractivity (Wildman–Crippen MR) is 86.6 cm³/mol. The van der Waals surface area contributed by atoms with Gasteiger partial charge in [0.25, 0.3) is 0 Å². The van der Waals surface area contributed by atoms with E-state index in [1.165, 1.54) is 23.1 Å². The van der Waals surface area contributed by atoms with E-state index in [9.17, 15) is 4.79 Å². The van der Waals surface area contributed by atoms with Crippen LogP contribution >= 0.6 is 34.9 Å². The normalized spacial score (nSPS) is 10.5. The molecule has 0 atom stereocenters. The maximum absolute atomic E-state index is 11.9. The molecule has 1 aromatic carbocycles. The first kappa shape index (κ1) is 15.1. The fourth-order valence-corrected chi connectivity index (χ4v) is 3.72. The molecule has 2 rings (SSSR count). The van der Waals surface area contributed by atoms with E-state index in [-0.39, 0.29) is 5.91 Å². The van der Waals surface area contributed by atoms with Gasteiger partial charge in [0.05, 0.1) is 5.75 Å². The van der Waals surface area contributed by atoms with Crippen LogP contribution in [-0.2, 0) is 4.79 Å². The quantitative estimate of drug-likeness (QED) is 0.649. The van der Waals surface area contributed by atoms with Gasteiger partial charge in [-0.05, 0) is 36.9 Å². The van der Waals surface area contributed by atoms with Gasteiger partial charge in [0, 0.05) is 11.4 Å². The zero-order chi connectivity index (χ0) is 14.5. The van der Waals surface area contributed by atoms with Crippen molar-refractivity contribution in [1.29, 1.82) is 0 Å². The second kappa shape index (κ2) is 6.96. The first-order chi connectivity index (χ1) is 9.58. The third-order valence-electron chi connectivity index (χ3n) is 2.41. The van der Waals surface area contributed by atoms with E-state index in [0.29, 0.717) is 11.4 Å². The lowest BCUT2D eigenvalue weighted by atomic mass is 10.2. The molecule has 1 aromatic heterocycles. The van der Waals surface area contributed by atoms with Crippen molar-refractivity contribution in [3.8, 4) is 0 Å². The maximum Gasteiger partial charge on any atom is 0.234 e. The highest BCUT2D eigenvalue weighted by atomic mass is 32.2. The summed E-state index contributed by atoms with van der Waals surface area (Å²) in [6.07, 6.45) is 1.95. The Bertz CT molecular complexity index is 614. The summed E-state index contributed by atoms with van der Waals surface area (Å²) in [7, 11) is 0. The van der Waals surface area contributed by atoms with Crippen molar-refractivity contribution >= 4 is 52.1 Å². The summed E-state index contributed by atoms with van der Waals surface area (Å²) in [6, 6.07) is 5.41. The van der Waals surface area contributed by atoms with Gasteiger partial charge in [-0.25, -0.2) is 0 Å². The molecule has 20 heavy (non-hydrogen) atoms. The second-order valence-corrected chi connectivity index (χ2v) is 7.20. The minimum absolute atomic E-state index is 0.0660. The first-order valence-electron chi connectivity index (χ1n) is 5.75. The van der Waals surface area contributed by atoms with Gasteiger partial charge in [-0.3, -0.25) is 4.79 Å². The number of nitrogens with zero attached hydrogens (tertiary/aromatic N) is 2. The number of aryl methyl sites for hydroxylation is 1. The van der Waals surface area contributed by atoms with Crippen LogP contribution in [0.15, 0.2) is 26.9 Å². The Morgan fingerprint density at radius 3 is 2.80 bits per heavy atom. The molecule has 0 aliphatic rings. The van der Waals surface area contributed by atoms with E-state index in [2.05, 4.69) is 15.5 Å². The van der Waals surface area contributed by atoms with Gasteiger partial charge in [-0.2, -0.15) is 0 Å². The van der Waals surface area contributed by atoms with Crippen LogP contribution < -0.4 is 11.1 Å². The molecular weight excluding hydrogens is 312 g/mol. The Morgan fingerprint density at radius 2 is 2.15 bits per heavy atom. The molecule has 0 spiro atoms. The van der Waals surface area contributed by atoms with Crippen molar-refractivity contribution < 1.29 is 4.79 Å². The number of nitrogens with two attached hydrogens (primary N) is 1. The summed E-state index contributed by atoms with van der Waals surface area (Å²) in [5, 5.41) is 10.9. The number of thioether (sulfide) groups is 2. The summed E-state index contributed by atoms with van der Waals surface area (Å²) >= 11 is 4.43. The molecule has 0 saturated carbocycles. The average molecular weight is 326 g/mol. The average Bonchev–Trinajstić information content (AvgIpc) is 2.88. The van der Waals surface area contributed by atoms with E-state index in [1.54, 1.807) is 17.8 Å². The molecule has 5 nitrogen and oxygen atoms in total. The summed E-state index contributed by atoms with van der Waals surface area (Å²) < 4.78 is 1.71. The van der Waals surface area contributed by atoms with Crippen LogP contribution in [-0.4, -0.2) is 28.1 Å². The molecular formula is C12H14N4OS3. The Hall–Kier alpha value is -1.25. The molecule has 0 aliphatic heterocycles. The molecule has 0 bridgehead atoms. The van der Waals surface area contributed by atoms with Crippen molar-refractivity contribution in [1.82, 2.24) is 10.2 Å². The standard InChI is InChI=1S/C12H14N4OS3/c1-7-5-8(13)3-4-9(7)14-10(17)6-19-12-16-15-11(18-2)20-12/h3-5H,6,13H2,1-2H3,(H,14,17). The number of hydrogen-bond acceptors (Lipinski definition) is 7. The minimum Gasteiger partial charge on any atom is -0.399 e. The second-order valence-electron chi connectivity index (χ2n) is 3.95. The van der Waals surface area contributed by atoms with Crippen molar-refractivity contribution in [2.45, 2.75) is 15.6 Å². The number of hydrogen-bond donors (Lipinski definition) is 2. The fourth-order valence-electron chi connectivity index (χ4n) is 1.48. The monoisotopic (exact) mass is 326 g/mol. The number of anilines is 2. The molecule has 106 valence electrons. The highest BCUT2D eigenvalue weighted by Gasteiger charge is 2.09. The molecule has 8 heteroatoms. The van der Waals surface area contributed by atoms with E-state index in [1.807, 2.05) is 25.3 Å². The molecule has 3 N–H and O–H groups in total. The maximum atomic E-state index is 11.9. The molecule has 0 fully saturated rings.